The zero-order valence-corrected chi connectivity index (χ0v) is 13.6. The van der Waals surface area contributed by atoms with Gasteiger partial charge in [-0.3, -0.25) is 9.78 Å². The van der Waals surface area contributed by atoms with Crippen molar-refractivity contribution in [3.63, 3.8) is 0 Å². The Morgan fingerprint density at radius 1 is 1.08 bits per heavy atom. The second-order valence-corrected chi connectivity index (χ2v) is 5.56. The van der Waals surface area contributed by atoms with Gasteiger partial charge in [0.1, 0.15) is 0 Å². The SMILES string of the molecule is C/C=C\c1ncc(-c2ccccc2)cc1C(=O)C1=CC=CC=CC1. The van der Waals surface area contributed by atoms with Crippen LogP contribution in [0.3, 0.4) is 0 Å². The molecular weight excluding hydrogens is 294 g/mol. The molecule has 0 saturated carbocycles. The van der Waals surface area contributed by atoms with E-state index in [9.17, 15) is 4.79 Å². The van der Waals surface area contributed by atoms with Crippen LogP contribution in [-0.4, -0.2) is 10.8 Å². The Morgan fingerprint density at radius 3 is 2.71 bits per heavy atom. The molecule has 0 atom stereocenters. The Morgan fingerprint density at radius 2 is 1.92 bits per heavy atom. The van der Waals surface area contributed by atoms with E-state index in [4.69, 9.17) is 0 Å². The topological polar surface area (TPSA) is 30.0 Å². The van der Waals surface area contributed by atoms with Crippen molar-refractivity contribution in [3.8, 4) is 11.1 Å². The maximum atomic E-state index is 13.0. The largest absolute Gasteiger partial charge is 0.289 e. The van der Waals surface area contributed by atoms with E-state index < -0.39 is 0 Å². The van der Waals surface area contributed by atoms with Gasteiger partial charge in [-0.15, -0.1) is 0 Å². The summed E-state index contributed by atoms with van der Waals surface area (Å²) in [5.74, 6) is 0.0320. The average molecular weight is 313 g/mol. The van der Waals surface area contributed by atoms with Gasteiger partial charge in [-0.05, 0) is 31.1 Å². The summed E-state index contributed by atoms with van der Waals surface area (Å²) in [5.41, 5.74) is 4.13. The summed E-state index contributed by atoms with van der Waals surface area (Å²) in [6, 6.07) is 11.9. The first-order valence-corrected chi connectivity index (χ1v) is 8.05. The molecular formula is C22H19NO. The monoisotopic (exact) mass is 313 g/mol. The standard InChI is InChI=1S/C22H19NO/c1-2-10-21-20(22(24)18-13-6-3-4-7-14-18)15-19(16-23-21)17-11-8-5-9-12-17/h2-13,15-16H,14H2,1H3/b10-2-. The maximum absolute atomic E-state index is 13.0. The van der Waals surface area contributed by atoms with Gasteiger partial charge in [0.2, 0.25) is 0 Å². The molecule has 0 saturated heterocycles. The van der Waals surface area contributed by atoms with E-state index in [1.165, 1.54) is 0 Å². The molecule has 0 bridgehead atoms. The van der Waals surface area contributed by atoms with E-state index >= 15 is 0 Å². The van der Waals surface area contributed by atoms with Crippen molar-refractivity contribution in [1.29, 1.82) is 0 Å². The summed E-state index contributed by atoms with van der Waals surface area (Å²) >= 11 is 0. The summed E-state index contributed by atoms with van der Waals surface area (Å²) in [4.78, 5) is 17.5. The van der Waals surface area contributed by atoms with Crippen molar-refractivity contribution < 1.29 is 4.79 Å². The van der Waals surface area contributed by atoms with Crippen molar-refractivity contribution >= 4 is 11.9 Å². The minimum atomic E-state index is 0.0320. The first kappa shape index (κ1) is 15.9. The minimum absolute atomic E-state index is 0.0320. The number of hydrogen-bond donors (Lipinski definition) is 0. The van der Waals surface area contributed by atoms with Crippen LogP contribution in [0, 0.1) is 0 Å². The Balaban J connectivity index is 2.07. The highest BCUT2D eigenvalue weighted by molar-refractivity contribution is 6.11. The van der Waals surface area contributed by atoms with Gasteiger partial charge in [-0.2, -0.15) is 0 Å². The minimum Gasteiger partial charge on any atom is -0.289 e. The fourth-order valence-corrected chi connectivity index (χ4v) is 2.66. The molecule has 1 aliphatic carbocycles. The van der Waals surface area contributed by atoms with E-state index in [1.54, 1.807) is 0 Å². The fourth-order valence-electron chi connectivity index (χ4n) is 2.66. The number of carbonyl (C=O) groups excluding carboxylic acids is 1. The number of rotatable bonds is 4. The van der Waals surface area contributed by atoms with Crippen molar-refractivity contribution in [2.45, 2.75) is 13.3 Å². The van der Waals surface area contributed by atoms with Gasteiger partial charge in [-0.25, -0.2) is 0 Å². The third kappa shape index (κ3) is 3.49. The summed E-state index contributed by atoms with van der Waals surface area (Å²) in [5, 5.41) is 0. The highest BCUT2D eigenvalue weighted by Gasteiger charge is 2.16. The molecule has 24 heavy (non-hydrogen) atoms. The van der Waals surface area contributed by atoms with E-state index in [-0.39, 0.29) is 5.78 Å². The average Bonchev–Trinajstić information content (AvgIpc) is 2.92. The number of carbonyl (C=O) groups is 1. The lowest BCUT2D eigenvalue weighted by atomic mass is 9.96. The van der Waals surface area contributed by atoms with Gasteiger partial charge < -0.3 is 0 Å². The lowest BCUT2D eigenvalue weighted by Gasteiger charge is -2.10. The molecule has 0 unspecified atom stereocenters. The predicted octanol–water partition coefficient (Wildman–Crippen LogP) is 5.41. The second-order valence-electron chi connectivity index (χ2n) is 5.56. The van der Waals surface area contributed by atoms with Gasteiger partial charge in [0.25, 0.3) is 0 Å². The number of benzene rings is 1. The molecule has 0 radical (unpaired) electrons. The van der Waals surface area contributed by atoms with E-state index in [1.807, 2.05) is 92.1 Å². The first-order valence-electron chi connectivity index (χ1n) is 8.05. The molecule has 1 aliphatic rings. The maximum Gasteiger partial charge on any atom is 0.191 e. The van der Waals surface area contributed by atoms with Crippen LogP contribution < -0.4 is 0 Å². The normalized spacial score (nSPS) is 13.8. The van der Waals surface area contributed by atoms with Crippen molar-refractivity contribution in [2.24, 2.45) is 0 Å². The molecule has 2 nitrogen and oxygen atoms in total. The lowest BCUT2D eigenvalue weighted by molar-refractivity contribution is 0.103. The molecule has 0 aliphatic heterocycles. The number of Topliss-reactive ketones (excluding diaryl/α,β-unsaturated/α-hetero) is 1. The molecule has 1 heterocycles. The van der Waals surface area contributed by atoms with Gasteiger partial charge in [0, 0.05) is 22.9 Å². The van der Waals surface area contributed by atoms with Crippen LogP contribution in [0.5, 0.6) is 0 Å². The van der Waals surface area contributed by atoms with Crippen LogP contribution in [0.1, 0.15) is 29.4 Å². The molecule has 0 amide bonds. The lowest BCUT2D eigenvalue weighted by Crippen LogP contribution is -2.07. The van der Waals surface area contributed by atoms with Crippen molar-refractivity contribution in [2.75, 3.05) is 0 Å². The van der Waals surface area contributed by atoms with E-state index in [0.717, 1.165) is 16.7 Å². The Labute approximate surface area is 142 Å². The van der Waals surface area contributed by atoms with Gasteiger partial charge >= 0.3 is 0 Å². The molecule has 1 aromatic carbocycles. The zero-order chi connectivity index (χ0) is 16.8. The summed E-state index contributed by atoms with van der Waals surface area (Å²) < 4.78 is 0. The van der Waals surface area contributed by atoms with Gasteiger partial charge in [0.05, 0.1) is 5.69 Å². The highest BCUT2D eigenvalue weighted by atomic mass is 16.1. The highest BCUT2D eigenvalue weighted by Crippen LogP contribution is 2.24. The fraction of sp³-hybridized carbons (Fsp3) is 0.0909. The Bertz CT molecular complexity index is 855. The van der Waals surface area contributed by atoms with Crippen LogP contribution in [0.15, 0.2) is 84.6 Å². The summed E-state index contributed by atoms with van der Waals surface area (Å²) in [6.07, 6.45) is 15.9. The molecule has 0 spiro atoms. The summed E-state index contributed by atoms with van der Waals surface area (Å²) in [6.45, 7) is 1.93. The number of aromatic nitrogens is 1. The predicted molar refractivity (Wildman–Crippen MR) is 99.7 cm³/mol. The number of nitrogens with zero attached hydrogens (tertiary/aromatic N) is 1. The first-order chi connectivity index (χ1) is 11.8. The quantitative estimate of drug-likeness (QED) is 0.707. The number of allylic oxidation sites excluding steroid dienone is 7. The zero-order valence-electron chi connectivity index (χ0n) is 13.6. The molecule has 3 rings (SSSR count). The molecule has 2 aromatic rings. The second kappa shape index (κ2) is 7.51. The molecule has 1 aromatic heterocycles. The molecule has 0 N–H and O–H groups in total. The number of hydrogen-bond acceptors (Lipinski definition) is 2. The van der Waals surface area contributed by atoms with Gasteiger partial charge in [-0.1, -0.05) is 66.8 Å². The van der Waals surface area contributed by atoms with Crippen LogP contribution >= 0.6 is 0 Å². The third-order valence-electron chi connectivity index (χ3n) is 3.88. The van der Waals surface area contributed by atoms with Crippen molar-refractivity contribution in [3.05, 3.63) is 95.9 Å². The van der Waals surface area contributed by atoms with Crippen LogP contribution in [0.2, 0.25) is 0 Å². The smallest absolute Gasteiger partial charge is 0.191 e. The van der Waals surface area contributed by atoms with Crippen molar-refractivity contribution in [1.82, 2.24) is 4.98 Å². The third-order valence-corrected chi connectivity index (χ3v) is 3.88. The Hall–Kier alpha value is -3.00. The molecule has 118 valence electrons. The van der Waals surface area contributed by atoms with E-state index in [0.29, 0.717) is 17.7 Å². The van der Waals surface area contributed by atoms with Crippen LogP contribution in [0.25, 0.3) is 17.2 Å². The number of ketones is 1. The van der Waals surface area contributed by atoms with Gasteiger partial charge in [0.15, 0.2) is 5.78 Å². The van der Waals surface area contributed by atoms with E-state index in [2.05, 4.69) is 4.98 Å². The van der Waals surface area contributed by atoms with Crippen LogP contribution in [0.4, 0.5) is 0 Å². The number of pyridine rings is 1. The van der Waals surface area contributed by atoms with Crippen LogP contribution in [-0.2, 0) is 0 Å². The Kier molecular flexibility index (Phi) is 4.97. The molecule has 0 fully saturated rings. The molecule has 2 heteroatoms. The summed E-state index contributed by atoms with van der Waals surface area (Å²) in [7, 11) is 0.